The van der Waals surface area contributed by atoms with Gasteiger partial charge in [0.2, 0.25) is 5.13 Å². The molecule has 1 atom stereocenters. The minimum absolute atomic E-state index is 0.0853. The summed E-state index contributed by atoms with van der Waals surface area (Å²) in [4.78, 5) is 13.0. The van der Waals surface area contributed by atoms with Crippen molar-refractivity contribution in [3.8, 4) is 11.5 Å². The van der Waals surface area contributed by atoms with Crippen molar-refractivity contribution in [2.75, 3.05) is 29.0 Å². The molecular formula is C21H22N4O5S3. The smallest absolute Gasteiger partial charge is 0.269 e. The van der Waals surface area contributed by atoms with E-state index in [-0.39, 0.29) is 11.4 Å². The number of aromatic nitrogens is 2. The maximum Gasteiger partial charge on any atom is 0.269 e. The number of methoxy groups -OCH3 is 1. The maximum atomic E-state index is 13.5. The molecule has 0 saturated carbocycles. The number of rotatable bonds is 7. The van der Waals surface area contributed by atoms with Crippen LogP contribution >= 0.6 is 23.1 Å². The monoisotopic (exact) mass is 506 g/mol. The number of nitrogens with one attached hydrogen (secondary N) is 1. The molecule has 2 heterocycles. The van der Waals surface area contributed by atoms with E-state index in [2.05, 4.69) is 15.5 Å². The molecule has 12 heteroatoms. The first-order valence-electron chi connectivity index (χ1n) is 10.0. The molecule has 2 aromatic carbocycles. The molecule has 0 fully saturated rings. The van der Waals surface area contributed by atoms with Crippen molar-refractivity contribution in [1.82, 2.24) is 10.2 Å². The number of fused-ring (bicyclic) bond motifs is 1. The van der Waals surface area contributed by atoms with Crippen molar-refractivity contribution in [2.45, 2.75) is 29.2 Å². The van der Waals surface area contributed by atoms with Gasteiger partial charge in [0.05, 0.1) is 24.2 Å². The Morgan fingerprint density at radius 1 is 1.27 bits per heavy atom. The van der Waals surface area contributed by atoms with Gasteiger partial charge in [-0.25, -0.2) is 8.42 Å². The third-order valence-electron chi connectivity index (χ3n) is 4.83. The average molecular weight is 507 g/mol. The predicted octanol–water partition coefficient (Wildman–Crippen LogP) is 3.56. The Kier molecular flexibility index (Phi) is 6.77. The number of carbonyl (C=O) groups excluding carboxylic acids is 1. The highest BCUT2D eigenvalue weighted by Crippen LogP contribution is 2.38. The van der Waals surface area contributed by atoms with Gasteiger partial charge in [0.25, 0.3) is 15.9 Å². The standard InChI is InChI=1S/C21H22N4O5S3/c1-4-31-21-24-23-20(32-21)22-19(26)18-12-25(16-11-13(2)5-10-17(16)30-18)33(27,28)15-8-6-14(29-3)7-9-15/h5-11,18H,4,12H2,1-3H3,(H,22,23,26). The highest BCUT2D eigenvalue weighted by atomic mass is 32.2. The highest BCUT2D eigenvalue weighted by Gasteiger charge is 2.38. The van der Waals surface area contributed by atoms with E-state index >= 15 is 0 Å². The van der Waals surface area contributed by atoms with Crippen LogP contribution in [0.2, 0.25) is 0 Å². The fourth-order valence-corrected chi connectivity index (χ4v) is 6.35. The summed E-state index contributed by atoms with van der Waals surface area (Å²) >= 11 is 2.77. The Morgan fingerprint density at radius 3 is 2.73 bits per heavy atom. The largest absolute Gasteiger partial charge is 0.497 e. The Balaban J connectivity index is 1.64. The molecule has 1 aromatic heterocycles. The molecular weight excluding hydrogens is 484 g/mol. The number of ether oxygens (including phenoxy) is 2. The van der Waals surface area contributed by atoms with Gasteiger partial charge >= 0.3 is 0 Å². The lowest BCUT2D eigenvalue weighted by molar-refractivity contribution is -0.122. The summed E-state index contributed by atoms with van der Waals surface area (Å²) in [5.74, 6) is 1.19. The van der Waals surface area contributed by atoms with Gasteiger partial charge < -0.3 is 9.47 Å². The number of nitrogens with zero attached hydrogens (tertiary/aromatic N) is 3. The van der Waals surface area contributed by atoms with Crippen LogP contribution in [0.3, 0.4) is 0 Å². The Bertz CT molecular complexity index is 1260. The molecule has 0 spiro atoms. The van der Waals surface area contributed by atoms with E-state index in [0.29, 0.717) is 22.3 Å². The molecule has 0 radical (unpaired) electrons. The van der Waals surface area contributed by atoms with E-state index in [1.54, 1.807) is 30.3 Å². The number of carbonyl (C=O) groups is 1. The number of hydrogen-bond acceptors (Lipinski definition) is 9. The molecule has 0 saturated heterocycles. The minimum atomic E-state index is -3.97. The van der Waals surface area contributed by atoms with Crippen molar-refractivity contribution < 1.29 is 22.7 Å². The van der Waals surface area contributed by atoms with Crippen LogP contribution < -0.4 is 19.1 Å². The van der Waals surface area contributed by atoms with E-state index in [9.17, 15) is 13.2 Å². The van der Waals surface area contributed by atoms with Crippen molar-refractivity contribution in [3.05, 3.63) is 48.0 Å². The van der Waals surface area contributed by atoms with Gasteiger partial charge in [-0.05, 0) is 54.6 Å². The van der Waals surface area contributed by atoms with Crippen molar-refractivity contribution in [1.29, 1.82) is 0 Å². The van der Waals surface area contributed by atoms with Crippen molar-refractivity contribution in [2.24, 2.45) is 0 Å². The minimum Gasteiger partial charge on any atom is -0.497 e. The summed E-state index contributed by atoms with van der Waals surface area (Å²) in [7, 11) is -2.46. The third-order valence-corrected chi connectivity index (χ3v) is 8.48. The van der Waals surface area contributed by atoms with Crippen LogP contribution in [0.4, 0.5) is 10.8 Å². The number of anilines is 2. The first-order chi connectivity index (χ1) is 15.8. The number of sulfonamides is 1. The molecule has 1 N–H and O–H groups in total. The fourth-order valence-electron chi connectivity index (χ4n) is 3.23. The zero-order valence-electron chi connectivity index (χ0n) is 18.1. The van der Waals surface area contributed by atoms with Gasteiger partial charge in [-0.2, -0.15) is 0 Å². The number of aryl methyl sites for hydroxylation is 1. The number of benzene rings is 2. The number of hydrogen-bond donors (Lipinski definition) is 1. The van der Waals surface area contributed by atoms with Crippen LogP contribution in [-0.2, 0) is 14.8 Å². The summed E-state index contributed by atoms with van der Waals surface area (Å²) in [5.41, 5.74) is 1.25. The fraction of sp³-hybridized carbons (Fsp3) is 0.286. The zero-order chi connectivity index (χ0) is 23.6. The zero-order valence-corrected chi connectivity index (χ0v) is 20.6. The van der Waals surface area contributed by atoms with E-state index in [1.165, 1.54) is 46.6 Å². The molecule has 3 aromatic rings. The summed E-state index contributed by atoms with van der Waals surface area (Å²) in [6, 6.07) is 11.3. The average Bonchev–Trinajstić information content (AvgIpc) is 3.25. The van der Waals surface area contributed by atoms with Gasteiger partial charge in [0.15, 0.2) is 10.4 Å². The second-order valence-electron chi connectivity index (χ2n) is 7.08. The molecule has 174 valence electrons. The summed E-state index contributed by atoms with van der Waals surface area (Å²) in [6.45, 7) is 3.67. The lowest BCUT2D eigenvalue weighted by Gasteiger charge is -2.34. The molecule has 1 unspecified atom stereocenters. The predicted molar refractivity (Wildman–Crippen MR) is 128 cm³/mol. The van der Waals surface area contributed by atoms with Crippen LogP contribution in [0.15, 0.2) is 51.7 Å². The number of thioether (sulfide) groups is 1. The Hall–Kier alpha value is -2.83. The molecule has 0 aliphatic carbocycles. The van der Waals surface area contributed by atoms with E-state index in [1.807, 2.05) is 13.8 Å². The quantitative estimate of drug-likeness (QED) is 0.383. The van der Waals surface area contributed by atoms with Crippen molar-refractivity contribution >= 4 is 49.8 Å². The molecule has 1 aliphatic rings. The van der Waals surface area contributed by atoms with Crippen LogP contribution in [0, 0.1) is 6.92 Å². The van der Waals surface area contributed by atoms with Crippen molar-refractivity contribution in [3.63, 3.8) is 0 Å². The lowest BCUT2D eigenvalue weighted by Crippen LogP contribution is -2.48. The van der Waals surface area contributed by atoms with Gasteiger partial charge in [-0.3, -0.25) is 14.4 Å². The molecule has 0 bridgehead atoms. The molecule has 4 rings (SSSR count). The Morgan fingerprint density at radius 2 is 2.03 bits per heavy atom. The van der Waals surface area contributed by atoms with E-state index in [0.717, 1.165) is 15.7 Å². The SMILES string of the molecule is CCSc1nnc(NC(=O)C2CN(S(=O)(=O)c3ccc(OC)cc3)c3cc(C)ccc3O2)s1. The molecule has 9 nitrogen and oxygen atoms in total. The van der Waals surface area contributed by atoms with Gasteiger partial charge in [0.1, 0.15) is 11.5 Å². The van der Waals surface area contributed by atoms with Gasteiger partial charge in [-0.15, -0.1) is 10.2 Å². The second-order valence-corrected chi connectivity index (χ2v) is 11.4. The lowest BCUT2D eigenvalue weighted by atomic mass is 10.1. The normalized spacial score (nSPS) is 15.5. The first kappa shape index (κ1) is 23.3. The highest BCUT2D eigenvalue weighted by molar-refractivity contribution is 8.01. The van der Waals surface area contributed by atoms with Crippen LogP contribution in [0.5, 0.6) is 11.5 Å². The maximum absolute atomic E-state index is 13.5. The summed E-state index contributed by atoms with van der Waals surface area (Å²) in [5, 5.41) is 11.0. The first-order valence-corrected chi connectivity index (χ1v) is 13.3. The van der Waals surface area contributed by atoms with Gasteiger partial charge in [0, 0.05) is 0 Å². The molecule has 33 heavy (non-hydrogen) atoms. The number of amides is 1. The molecule has 1 aliphatic heterocycles. The van der Waals surface area contributed by atoms with Crippen LogP contribution in [0.1, 0.15) is 12.5 Å². The summed E-state index contributed by atoms with van der Waals surface area (Å²) in [6.07, 6.45) is -1.07. The second kappa shape index (κ2) is 9.57. The van der Waals surface area contributed by atoms with Crippen LogP contribution in [-0.4, -0.2) is 50.0 Å². The topological polar surface area (TPSA) is 111 Å². The van der Waals surface area contributed by atoms with E-state index < -0.39 is 22.0 Å². The van der Waals surface area contributed by atoms with Gasteiger partial charge in [-0.1, -0.05) is 36.1 Å². The Labute approximate surface area is 200 Å². The third kappa shape index (κ3) is 4.92. The molecule has 1 amide bonds. The van der Waals surface area contributed by atoms with E-state index in [4.69, 9.17) is 9.47 Å². The van der Waals surface area contributed by atoms with Crippen LogP contribution in [0.25, 0.3) is 0 Å². The summed E-state index contributed by atoms with van der Waals surface area (Å²) < 4.78 is 40.0.